The first-order chi connectivity index (χ1) is 12.0. The molecule has 0 atom stereocenters. The third-order valence-corrected chi connectivity index (χ3v) is 18.8. The fraction of sp³-hybridized carbons (Fsp3) is 0.682. The van der Waals surface area contributed by atoms with Gasteiger partial charge in [-0.05, 0) is 0 Å². The topological polar surface area (TPSA) is 26.3 Å². The summed E-state index contributed by atoms with van der Waals surface area (Å²) in [6.45, 7) is 11.0. The molecule has 0 unspecified atom stereocenters. The zero-order valence-corrected chi connectivity index (χ0v) is 20.1. The van der Waals surface area contributed by atoms with Gasteiger partial charge >= 0.3 is 161 Å². The Morgan fingerprint density at radius 1 is 0.840 bits per heavy atom. The van der Waals surface area contributed by atoms with Gasteiger partial charge in [0, 0.05) is 0 Å². The average Bonchev–Trinajstić information content (AvgIpc) is 2.62. The molecule has 0 aromatic carbocycles. The van der Waals surface area contributed by atoms with Crippen molar-refractivity contribution in [2.75, 3.05) is 6.61 Å². The van der Waals surface area contributed by atoms with Crippen molar-refractivity contribution in [3.05, 3.63) is 34.0 Å². The Morgan fingerprint density at radius 3 is 1.80 bits per heavy atom. The Hall–Kier alpha value is -0.511. The first-order valence-corrected chi connectivity index (χ1v) is 17.9. The normalized spacial score (nSPS) is 13.1. The average molecular weight is 455 g/mol. The number of carbonyl (C=O) groups excluding carboxylic acids is 1. The summed E-state index contributed by atoms with van der Waals surface area (Å²) in [7, 11) is 0. The van der Waals surface area contributed by atoms with Crippen molar-refractivity contribution in [1.82, 2.24) is 0 Å². The standard InChI is InChI=1S/C10H13O2.3C4H9.Sn/c1-4-6-7-8-9(3)10(11)12-5-2;3*1-3-4-2;/h1,4,6-8H,5H2,2-3H3;3*1,3-4H2,2H3;. The second kappa shape index (κ2) is 15.7. The predicted octanol–water partition coefficient (Wildman–Crippen LogP) is 7.00. The van der Waals surface area contributed by atoms with Crippen molar-refractivity contribution >= 4 is 24.3 Å². The van der Waals surface area contributed by atoms with Crippen LogP contribution in [0.5, 0.6) is 0 Å². The van der Waals surface area contributed by atoms with Crippen LogP contribution in [0.15, 0.2) is 34.0 Å². The first kappa shape index (κ1) is 24.5. The second-order valence-corrected chi connectivity index (χ2v) is 20.0. The quantitative estimate of drug-likeness (QED) is 0.122. The number of allylic oxidation sites excluding steroid dienone is 4. The van der Waals surface area contributed by atoms with E-state index in [1.807, 2.05) is 19.1 Å². The predicted molar refractivity (Wildman–Crippen MR) is 114 cm³/mol. The number of esters is 1. The second-order valence-electron chi connectivity index (χ2n) is 6.99. The molecule has 0 N–H and O–H groups in total. The monoisotopic (exact) mass is 456 g/mol. The van der Waals surface area contributed by atoms with Gasteiger partial charge in [0.05, 0.1) is 0 Å². The van der Waals surface area contributed by atoms with Crippen LogP contribution in [0.4, 0.5) is 0 Å². The van der Waals surface area contributed by atoms with Gasteiger partial charge in [-0.1, -0.05) is 0 Å². The molecule has 144 valence electrons. The fourth-order valence-corrected chi connectivity index (χ4v) is 17.2. The molecule has 0 aliphatic rings. The molecule has 0 aliphatic heterocycles. The summed E-state index contributed by atoms with van der Waals surface area (Å²) < 4.78 is 12.1. The molecule has 0 aromatic rings. The van der Waals surface area contributed by atoms with Crippen molar-refractivity contribution < 1.29 is 9.53 Å². The van der Waals surface area contributed by atoms with Crippen LogP contribution >= 0.6 is 0 Å². The van der Waals surface area contributed by atoms with E-state index in [0.717, 1.165) is 0 Å². The van der Waals surface area contributed by atoms with Crippen LogP contribution in [0.3, 0.4) is 0 Å². The van der Waals surface area contributed by atoms with E-state index in [4.69, 9.17) is 4.74 Å². The Bertz CT molecular complexity index is 414. The molecule has 0 amide bonds. The third-order valence-electron chi connectivity index (χ3n) is 4.70. The van der Waals surface area contributed by atoms with Crippen LogP contribution in [-0.2, 0) is 9.53 Å². The van der Waals surface area contributed by atoms with Crippen LogP contribution < -0.4 is 0 Å². The maximum atomic E-state index is 11.6. The van der Waals surface area contributed by atoms with E-state index in [1.54, 1.807) is 6.92 Å². The van der Waals surface area contributed by atoms with Gasteiger partial charge in [-0.25, -0.2) is 0 Å². The van der Waals surface area contributed by atoms with Gasteiger partial charge in [-0.15, -0.1) is 0 Å². The SMILES string of the molecule is CCC[CH2][Sn]([CH]=CC=CC=C(C)C(=O)OCC)([CH2]CCC)[CH2]CCC. The van der Waals surface area contributed by atoms with E-state index >= 15 is 0 Å². The third kappa shape index (κ3) is 11.7. The van der Waals surface area contributed by atoms with E-state index in [2.05, 4.69) is 37.0 Å². The Morgan fingerprint density at radius 2 is 1.36 bits per heavy atom. The van der Waals surface area contributed by atoms with E-state index in [9.17, 15) is 4.79 Å². The summed E-state index contributed by atoms with van der Waals surface area (Å²) in [6, 6.07) is 0. The summed E-state index contributed by atoms with van der Waals surface area (Å²) >= 11 is -2.16. The zero-order chi connectivity index (χ0) is 19.0. The van der Waals surface area contributed by atoms with Crippen molar-refractivity contribution in [2.45, 2.75) is 86.5 Å². The Kier molecular flexibility index (Phi) is 15.4. The van der Waals surface area contributed by atoms with Crippen LogP contribution in [0, 0.1) is 0 Å². The molecule has 0 spiro atoms. The molecule has 3 heteroatoms. The van der Waals surface area contributed by atoms with Gasteiger partial charge < -0.3 is 0 Å². The van der Waals surface area contributed by atoms with Gasteiger partial charge in [0.2, 0.25) is 0 Å². The zero-order valence-electron chi connectivity index (χ0n) is 17.3. The van der Waals surface area contributed by atoms with Crippen molar-refractivity contribution in [2.24, 2.45) is 0 Å². The molecular weight excluding hydrogens is 415 g/mol. The molecule has 0 saturated heterocycles. The van der Waals surface area contributed by atoms with Crippen LogP contribution in [-0.4, -0.2) is 31.0 Å². The first-order valence-electron chi connectivity index (χ1n) is 10.2. The number of ether oxygens (including phenoxy) is 1. The Labute approximate surface area is 160 Å². The molecule has 0 bridgehead atoms. The van der Waals surface area contributed by atoms with Crippen LogP contribution in [0.1, 0.15) is 73.1 Å². The molecule has 0 radical (unpaired) electrons. The van der Waals surface area contributed by atoms with Crippen molar-refractivity contribution in [3.8, 4) is 0 Å². The van der Waals surface area contributed by atoms with Crippen molar-refractivity contribution in [3.63, 3.8) is 0 Å². The number of hydrogen-bond donors (Lipinski definition) is 0. The molecular formula is C22H40O2Sn. The molecule has 2 nitrogen and oxygen atoms in total. The van der Waals surface area contributed by atoms with Crippen molar-refractivity contribution in [1.29, 1.82) is 0 Å². The number of hydrogen-bond acceptors (Lipinski definition) is 2. The summed E-state index contributed by atoms with van der Waals surface area (Å²) in [4.78, 5) is 11.6. The molecule has 0 rings (SSSR count). The van der Waals surface area contributed by atoms with Gasteiger partial charge in [0.15, 0.2) is 0 Å². The summed E-state index contributed by atoms with van der Waals surface area (Å²) in [5.41, 5.74) is 0.657. The molecule has 0 fully saturated rings. The van der Waals surface area contributed by atoms with Gasteiger partial charge in [-0.3, -0.25) is 0 Å². The molecule has 0 saturated carbocycles. The molecule has 0 heterocycles. The number of unbranched alkanes of at least 4 members (excludes halogenated alkanes) is 3. The molecule has 0 aromatic heterocycles. The van der Waals surface area contributed by atoms with Crippen LogP contribution in [0.2, 0.25) is 13.3 Å². The summed E-state index contributed by atoms with van der Waals surface area (Å²) in [5, 5.41) is 0. The van der Waals surface area contributed by atoms with E-state index in [-0.39, 0.29) is 5.97 Å². The number of carbonyl (C=O) groups is 1. The Balaban J connectivity index is 4.99. The summed E-state index contributed by atoms with van der Waals surface area (Å²) in [6.07, 6.45) is 16.3. The van der Waals surface area contributed by atoms with E-state index in [0.29, 0.717) is 12.2 Å². The fourth-order valence-electron chi connectivity index (χ4n) is 3.05. The van der Waals surface area contributed by atoms with Crippen LogP contribution in [0.25, 0.3) is 0 Å². The number of rotatable bonds is 14. The van der Waals surface area contributed by atoms with E-state index in [1.165, 1.54) is 51.8 Å². The van der Waals surface area contributed by atoms with Gasteiger partial charge in [0.1, 0.15) is 0 Å². The van der Waals surface area contributed by atoms with Gasteiger partial charge in [-0.2, -0.15) is 0 Å². The maximum absolute atomic E-state index is 11.6. The molecule has 0 aliphatic carbocycles. The molecule has 25 heavy (non-hydrogen) atoms. The van der Waals surface area contributed by atoms with E-state index < -0.39 is 18.4 Å². The summed E-state index contributed by atoms with van der Waals surface area (Å²) in [5.74, 6) is -0.224. The minimum atomic E-state index is -2.16. The van der Waals surface area contributed by atoms with Gasteiger partial charge in [0.25, 0.3) is 0 Å². The minimum absolute atomic E-state index is 0.224.